The Morgan fingerprint density at radius 2 is 1.82 bits per heavy atom. The number of amides is 1. The average Bonchev–Trinajstić information content (AvgIpc) is 3.57. The van der Waals surface area contributed by atoms with Crippen LogP contribution in [-0.4, -0.2) is 38.8 Å². The van der Waals surface area contributed by atoms with Crippen molar-refractivity contribution in [3.05, 3.63) is 107 Å². The molecule has 1 unspecified atom stereocenters. The maximum absolute atomic E-state index is 13.2. The number of rotatable bonds is 6. The zero-order chi connectivity index (χ0) is 27.5. The highest BCUT2D eigenvalue weighted by Gasteiger charge is 2.29. The summed E-state index contributed by atoms with van der Waals surface area (Å²) in [4.78, 5) is 20.1. The maximum atomic E-state index is 13.2. The Kier molecular flexibility index (Phi) is 7.51. The molecule has 1 aromatic heterocycles. The van der Waals surface area contributed by atoms with Gasteiger partial charge >= 0.3 is 0 Å². The van der Waals surface area contributed by atoms with E-state index in [0.29, 0.717) is 23.2 Å². The Bertz CT molecular complexity index is 1560. The second kappa shape index (κ2) is 11.5. The number of carbonyl (C=O) groups excluding carboxylic acids is 1. The summed E-state index contributed by atoms with van der Waals surface area (Å²) in [7, 11) is 0. The molecule has 4 aromatic rings. The number of thioether (sulfide) groups is 1. The van der Waals surface area contributed by atoms with Crippen molar-refractivity contribution in [2.45, 2.75) is 26.4 Å². The molecule has 3 aromatic carbocycles. The predicted molar refractivity (Wildman–Crippen MR) is 158 cm³/mol. The number of aromatic nitrogens is 2. The summed E-state index contributed by atoms with van der Waals surface area (Å²) in [5, 5.41) is 5.69. The van der Waals surface area contributed by atoms with Crippen molar-refractivity contribution in [2.75, 3.05) is 13.1 Å². The van der Waals surface area contributed by atoms with E-state index >= 15 is 0 Å². The van der Waals surface area contributed by atoms with Crippen LogP contribution >= 0.6 is 11.8 Å². The second-order valence-corrected chi connectivity index (χ2v) is 11.2. The standard InChI is InChI=1S/C32H29FN4O2S/c1-22-6-5-17-36(19-22)32-34-31(38)29(40-32)18-25-20-37(27-7-3-2-4-8-27)35-30(25)24-11-15-28(16-12-24)39-21-23-9-13-26(33)14-10-23/h2-4,7-16,18,20,22H,5-6,17,19,21H2,1H3/b29-18-. The highest BCUT2D eigenvalue weighted by atomic mass is 32.2. The Morgan fingerprint density at radius 1 is 1.05 bits per heavy atom. The lowest BCUT2D eigenvalue weighted by Crippen LogP contribution is -2.37. The van der Waals surface area contributed by atoms with Crippen LogP contribution in [0, 0.1) is 11.7 Å². The largest absolute Gasteiger partial charge is 0.489 e. The lowest BCUT2D eigenvalue weighted by molar-refractivity contribution is -0.113. The first-order valence-corrected chi connectivity index (χ1v) is 14.2. The third kappa shape index (κ3) is 5.87. The van der Waals surface area contributed by atoms with E-state index in [2.05, 4.69) is 16.8 Å². The number of likely N-dealkylation sites (tertiary alicyclic amines) is 1. The van der Waals surface area contributed by atoms with E-state index in [1.54, 1.807) is 12.1 Å². The molecule has 2 aliphatic heterocycles. The molecule has 1 atom stereocenters. The van der Waals surface area contributed by atoms with Crippen LogP contribution in [0.3, 0.4) is 0 Å². The molecule has 8 heteroatoms. The number of para-hydroxylation sites is 1. The number of halogens is 1. The minimum atomic E-state index is -0.268. The van der Waals surface area contributed by atoms with Gasteiger partial charge in [0.25, 0.3) is 5.91 Å². The normalized spacial score (nSPS) is 18.3. The van der Waals surface area contributed by atoms with Crippen molar-refractivity contribution in [1.82, 2.24) is 14.7 Å². The van der Waals surface area contributed by atoms with Gasteiger partial charge in [-0.15, -0.1) is 0 Å². The zero-order valence-corrected chi connectivity index (χ0v) is 23.0. The van der Waals surface area contributed by atoms with E-state index < -0.39 is 0 Å². The molecule has 0 saturated carbocycles. The molecule has 0 radical (unpaired) electrons. The topological polar surface area (TPSA) is 59.7 Å². The van der Waals surface area contributed by atoms with Gasteiger partial charge in [0.1, 0.15) is 18.2 Å². The lowest BCUT2D eigenvalue weighted by Gasteiger charge is -2.31. The molecule has 6 nitrogen and oxygen atoms in total. The van der Waals surface area contributed by atoms with Gasteiger partial charge in [-0.25, -0.2) is 9.07 Å². The van der Waals surface area contributed by atoms with Gasteiger partial charge in [-0.2, -0.15) is 10.1 Å². The number of nitrogens with zero attached hydrogens (tertiary/aromatic N) is 4. The summed E-state index contributed by atoms with van der Waals surface area (Å²) >= 11 is 1.45. The van der Waals surface area contributed by atoms with E-state index in [1.165, 1.54) is 30.3 Å². The quantitative estimate of drug-likeness (QED) is 0.242. The first-order chi connectivity index (χ1) is 19.5. The molecule has 6 rings (SSSR count). The van der Waals surface area contributed by atoms with Crippen molar-refractivity contribution < 1.29 is 13.9 Å². The highest BCUT2D eigenvalue weighted by Crippen LogP contribution is 2.35. The van der Waals surface area contributed by atoms with Gasteiger partial charge in [0.05, 0.1) is 16.3 Å². The molecule has 0 aliphatic carbocycles. The van der Waals surface area contributed by atoms with E-state index in [1.807, 2.05) is 71.6 Å². The SMILES string of the molecule is CC1CCCN(C2=NC(=O)/C(=C/c3cn(-c4ccccc4)nc3-c3ccc(OCc4ccc(F)cc4)cc3)S2)C1. The van der Waals surface area contributed by atoms with Gasteiger partial charge in [-0.05, 0) is 90.7 Å². The van der Waals surface area contributed by atoms with Gasteiger partial charge in [0, 0.05) is 30.4 Å². The van der Waals surface area contributed by atoms with Crippen LogP contribution in [0.2, 0.25) is 0 Å². The Labute approximate surface area is 237 Å². The van der Waals surface area contributed by atoms with Gasteiger partial charge < -0.3 is 9.64 Å². The Morgan fingerprint density at radius 3 is 2.58 bits per heavy atom. The number of piperidine rings is 1. The smallest absolute Gasteiger partial charge is 0.286 e. The van der Waals surface area contributed by atoms with Crippen LogP contribution < -0.4 is 4.74 Å². The van der Waals surface area contributed by atoms with Crippen LogP contribution in [0.1, 0.15) is 30.9 Å². The predicted octanol–water partition coefficient (Wildman–Crippen LogP) is 6.96. The highest BCUT2D eigenvalue weighted by molar-refractivity contribution is 8.18. The fraction of sp³-hybridized carbons (Fsp3) is 0.219. The molecule has 1 fully saturated rings. The molecule has 40 heavy (non-hydrogen) atoms. The van der Waals surface area contributed by atoms with Crippen molar-refractivity contribution in [2.24, 2.45) is 10.9 Å². The molecule has 1 amide bonds. The average molecular weight is 553 g/mol. The van der Waals surface area contributed by atoms with E-state index in [4.69, 9.17) is 9.84 Å². The summed E-state index contributed by atoms with van der Waals surface area (Å²) < 4.78 is 20.9. The van der Waals surface area contributed by atoms with E-state index in [9.17, 15) is 9.18 Å². The fourth-order valence-electron chi connectivity index (χ4n) is 4.92. The summed E-state index contributed by atoms with van der Waals surface area (Å²) in [6.45, 7) is 4.45. The molecule has 0 bridgehead atoms. The van der Waals surface area contributed by atoms with Gasteiger partial charge in [0.15, 0.2) is 5.17 Å². The van der Waals surface area contributed by atoms with Gasteiger partial charge in [-0.3, -0.25) is 4.79 Å². The van der Waals surface area contributed by atoms with Crippen molar-refractivity contribution in [1.29, 1.82) is 0 Å². The number of aliphatic imine (C=N–C) groups is 1. The first-order valence-electron chi connectivity index (χ1n) is 13.4. The molecule has 1 saturated heterocycles. The first kappa shape index (κ1) is 26.1. The molecule has 2 aliphatic rings. The van der Waals surface area contributed by atoms with Crippen LogP contribution in [0.15, 0.2) is 95.0 Å². The zero-order valence-electron chi connectivity index (χ0n) is 22.2. The number of benzene rings is 3. The number of hydrogen-bond donors (Lipinski definition) is 0. The lowest BCUT2D eigenvalue weighted by atomic mass is 10.0. The minimum absolute atomic E-state index is 0.207. The summed E-state index contributed by atoms with van der Waals surface area (Å²) in [5.41, 5.74) is 4.31. The molecule has 202 valence electrons. The van der Waals surface area contributed by atoms with Crippen LogP contribution in [-0.2, 0) is 11.4 Å². The van der Waals surface area contributed by atoms with Crippen molar-refractivity contribution >= 4 is 28.9 Å². The van der Waals surface area contributed by atoms with Crippen molar-refractivity contribution in [3.63, 3.8) is 0 Å². The number of carbonyl (C=O) groups is 1. The molecular formula is C32H29FN4O2S. The minimum Gasteiger partial charge on any atom is -0.489 e. The van der Waals surface area contributed by atoms with E-state index in [-0.39, 0.29) is 11.7 Å². The van der Waals surface area contributed by atoms with Gasteiger partial charge in [-0.1, -0.05) is 37.3 Å². The number of hydrogen-bond acceptors (Lipinski definition) is 5. The summed E-state index contributed by atoms with van der Waals surface area (Å²) in [6, 6.07) is 23.9. The van der Waals surface area contributed by atoms with Gasteiger partial charge in [0.2, 0.25) is 0 Å². The maximum Gasteiger partial charge on any atom is 0.286 e. The molecular weight excluding hydrogens is 523 g/mol. The van der Waals surface area contributed by atoms with Crippen molar-refractivity contribution in [3.8, 4) is 22.7 Å². The van der Waals surface area contributed by atoms with Crippen LogP contribution in [0.5, 0.6) is 5.75 Å². The molecule has 0 N–H and O–H groups in total. The third-order valence-electron chi connectivity index (χ3n) is 7.03. The molecule has 0 spiro atoms. The molecule has 3 heterocycles. The second-order valence-electron chi connectivity index (χ2n) is 10.2. The Balaban J connectivity index is 1.26. The Hall–Kier alpha value is -4.17. The monoisotopic (exact) mass is 552 g/mol. The number of ether oxygens (including phenoxy) is 1. The van der Waals surface area contributed by atoms with Crippen LogP contribution in [0.4, 0.5) is 4.39 Å². The number of amidine groups is 1. The summed E-state index contributed by atoms with van der Waals surface area (Å²) in [6.07, 6.45) is 6.18. The fourth-order valence-corrected chi connectivity index (χ4v) is 5.86. The van der Waals surface area contributed by atoms with E-state index in [0.717, 1.165) is 52.7 Å². The summed E-state index contributed by atoms with van der Waals surface area (Å²) in [5.74, 6) is 0.820. The van der Waals surface area contributed by atoms with Crippen LogP contribution in [0.25, 0.3) is 23.0 Å². The third-order valence-corrected chi connectivity index (χ3v) is 8.08.